The summed E-state index contributed by atoms with van der Waals surface area (Å²) in [7, 11) is 0. The molecule has 4 nitrogen and oxygen atoms in total. The largest absolute Gasteiger partial charge is 0.491 e. The molecule has 0 aromatic heterocycles. The quantitative estimate of drug-likeness (QED) is 0.757. The monoisotopic (exact) mass is 245 g/mol. The zero-order valence-electron chi connectivity index (χ0n) is 10.5. The number of amides is 2. The van der Waals surface area contributed by atoms with E-state index in [9.17, 15) is 9.59 Å². The third kappa shape index (κ3) is 2.42. The maximum absolute atomic E-state index is 11.3. The predicted molar refractivity (Wildman–Crippen MR) is 67.3 cm³/mol. The zero-order valence-corrected chi connectivity index (χ0v) is 10.5. The van der Waals surface area contributed by atoms with E-state index in [1.807, 2.05) is 32.0 Å². The SMILES string of the molecule is Cc1cccc(OCCN2C(=O)C=CC2=O)c1C. The highest BCUT2D eigenvalue weighted by atomic mass is 16.5. The summed E-state index contributed by atoms with van der Waals surface area (Å²) in [5, 5.41) is 0. The number of imide groups is 1. The van der Waals surface area contributed by atoms with E-state index in [-0.39, 0.29) is 18.4 Å². The Hall–Kier alpha value is -2.10. The summed E-state index contributed by atoms with van der Waals surface area (Å²) < 4.78 is 5.60. The summed E-state index contributed by atoms with van der Waals surface area (Å²) in [6, 6.07) is 5.82. The fourth-order valence-corrected chi connectivity index (χ4v) is 1.78. The Bertz CT molecular complexity index is 502. The Morgan fingerprint density at radius 1 is 1.11 bits per heavy atom. The summed E-state index contributed by atoms with van der Waals surface area (Å²) in [4.78, 5) is 23.8. The molecule has 1 aliphatic heterocycles. The van der Waals surface area contributed by atoms with E-state index in [0.717, 1.165) is 16.9 Å². The highest BCUT2D eigenvalue weighted by molar-refractivity contribution is 6.12. The summed E-state index contributed by atoms with van der Waals surface area (Å²) >= 11 is 0. The maximum Gasteiger partial charge on any atom is 0.253 e. The van der Waals surface area contributed by atoms with Crippen molar-refractivity contribution < 1.29 is 14.3 Å². The molecule has 0 N–H and O–H groups in total. The molecule has 1 aromatic carbocycles. The molecule has 0 fully saturated rings. The smallest absolute Gasteiger partial charge is 0.253 e. The summed E-state index contributed by atoms with van der Waals surface area (Å²) in [6.07, 6.45) is 2.56. The minimum Gasteiger partial charge on any atom is -0.491 e. The van der Waals surface area contributed by atoms with Crippen LogP contribution in [0.5, 0.6) is 5.75 Å². The first kappa shape index (κ1) is 12.4. The third-order valence-corrected chi connectivity index (χ3v) is 3.03. The molecule has 0 spiro atoms. The first-order valence-electron chi connectivity index (χ1n) is 5.82. The van der Waals surface area contributed by atoms with Gasteiger partial charge in [-0.05, 0) is 31.0 Å². The van der Waals surface area contributed by atoms with Crippen LogP contribution in [0.15, 0.2) is 30.4 Å². The van der Waals surface area contributed by atoms with Crippen LogP contribution in [0.4, 0.5) is 0 Å². The molecule has 94 valence electrons. The van der Waals surface area contributed by atoms with Crippen LogP contribution in [0, 0.1) is 13.8 Å². The van der Waals surface area contributed by atoms with E-state index >= 15 is 0 Å². The molecule has 0 aliphatic carbocycles. The van der Waals surface area contributed by atoms with Gasteiger partial charge < -0.3 is 4.74 Å². The van der Waals surface area contributed by atoms with Crippen LogP contribution in [0.2, 0.25) is 0 Å². The van der Waals surface area contributed by atoms with Crippen LogP contribution >= 0.6 is 0 Å². The molecule has 2 amide bonds. The van der Waals surface area contributed by atoms with E-state index in [4.69, 9.17) is 4.74 Å². The molecule has 1 aliphatic rings. The second-order valence-electron chi connectivity index (χ2n) is 4.21. The predicted octanol–water partition coefficient (Wildman–Crippen LogP) is 1.61. The van der Waals surface area contributed by atoms with Gasteiger partial charge in [-0.1, -0.05) is 12.1 Å². The van der Waals surface area contributed by atoms with Crippen molar-refractivity contribution in [1.82, 2.24) is 4.90 Å². The van der Waals surface area contributed by atoms with Crippen molar-refractivity contribution in [1.29, 1.82) is 0 Å². The summed E-state index contributed by atoms with van der Waals surface area (Å²) in [5.41, 5.74) is 2.23. The van der Waals surface area contributed by atoms with Crippen molar-refractivity contribution in [3.63, 3.8) is 0 Å². The fraction of sp³-hybridized carbons (Fsp3) is 0.286. The van der Waals surface area contributed by atoms with E-state index in [2.05, 4.69) is 0 Å². The molecule has 0 unspecified atom stereocenters. The number of ether oxygens (including phenoxy) is 1. The van der Waals surface area contributed by atoms with Crippen LogP contribution in [0.3, 0.4) is 0 Å². The second-order valence-corrected chi connectivity index (χ2v) is 4.21. The van der Waals surface area contributed by atoms with Gasteiger partial charge >= 0.3 is 0 Å². The number of aryl methyl sites for hydroxylation is 1. The minimum absolute atomic E-state index is 0.274. The standard InChI is InChI=1S/C14H15NO3/c1-10-4-3-5-12(11(10)2)18-9-8-15-13(16)6-7-14(15)17/h3-7H,8-9H2,1-2H3. The minimum atomic E-state index is -0.274. The number of nitrogens with zero attached hydrogens (tertiary/aromatic N) is 1. The number of benzene rings is 1. The highest BCUT2D eigenvalue weighted by Gasteiger charge is 2.22. The zero-order chi connectivity index (χ0) is 13.1. The lowest BCUT2D eigenvalue weighted by Gasteiger charge is -2.15. The number of carbonyl (C=O) groups excluding carboxylic acids is 2. The Morgan fingerprint density at radius 3 is 2.44 bits per heavy atom. The first-order valence-corrected chi connectivity index (χ1v) is 5.82. The van der Waals surface area contributed by atoms with E-state index in [1.54, 1.807) is 0 Å². The Kier molecular flexibility index (Phi) is 3.46. The molecular weight excluding hydrogens is 230 g/mol. The van der Waals surface area contributed by atoms with Crippen LogP contribution in [0.1, 0.15) is 11.1 Å². The molecule has 18 heavy (non-hydrogen) atoms. The van der Waals surface area contributed by atoms with Gasteiger partial charge in [0, 0.05) is 12.2 Å². The fourth-order valence-electron chi connectivity index (χ4n) is 1.78. The van der Waals surface area contributed by atoms with Gasteiger partial charge in [0.2, 0.25) is 0 Å². The van der Waals surface area contributed by atoms with Gasteiger partial charge in [0.05, 0.1) is 6.54 Å². The third-order valence-electron chi connectivity index (χ3n) is 3.03. The van der Waals surface area contributed by atoms with Gasteiger partial charge in [0.15, 0.2) is 0 Å². The average Bonchev–Trinajstić information content (AvgIpc) is 2.66. The highest BCUT2D eigenvalue weighted by Crippen LogP contribution is 2.20. The molecule has 1 aromatic rings. The van der Waals surface area contributed by atoms with Crippen molar-refractivity contribution in [2.45, 2.75) is 13.8 Å². The molecule has 1 heterocycles. The second kappa shape index (κ2) is 5.04. The van der Waals surface area contributed by atoms with Crippen molar-refractivity contribution in [2.75, 3.05) is 13.2 Å². The molecule has 0 radical (unpaired) electrons. The lowest BCUT2D eigenvalue weighted by atomic mass is 10.1. The Balaban J connectivity index is 1.91. The maximum atomic E-state index is 11.3. The van der Waals surface area contributed by atoms with Gasteiger partial charge in [-0.25, -0.2) is 0 Å². The van der Waals surface area contributed by atoms with Gasteiger partial charge in [0.1, 0.15) is 12.4 Å². The van der Waals surface area contributed by atoms with Gasteiger partial charge in [-0.3, -0.25) is 14.5 Å². The topological polar surface area (TPSA) is 46.6 Å². The molecule has 0 atom stereocenters. The molecular formula is C14H15NO3. The lowest BCUT2D eigenvalue weighted by molar-refractivity contribution is -0.137. The molecule has 2 rings (SSSR count). The van der Waals surface area contributed by atoms with Crippen molar-refractivity contribution in [3.05, 3.63) is 41.5 Å². The van der Waals surface area contributed by atoms with Crippen LogP contribution in [-0.2, 0) is 9.59 Å². The van der Waals surface area contributed by atoms with E-state index in [1.165, 1.54) is 17.1 Å². The van der Waals surface area contributed by atoms with Crippen molar-refractivity contribution in [2.24, 2.45) is 0 Å². The Morgan fingerprint density at radius 2 is 1.78 bits per heavy atom. The number of carbonyl (C=O) groups is 2. The van der Waals surface area contributed by atoms with E-state index < -0.39 is 0 Å². The lowest BCUT2D eigenvalue weighted by Crippen LogP contribution is -2.33. The van der Waals surface area contributed by atoms with E-state index in [0.29, 0.717) is 6.61 Å². The first-order chi connectivity index (χ1) is 8.59. The summed E-state index contributed by atoms with van der Waals surface area (Å²) in [5.74, 6) is 0.246. The van der Waals surface area contributed by atoms with Gasteiger partial charge in [0.25, 0.3) is 11.8 Å². The van der Waals surface area contributed by atoms with Gasteiger partial charge in [-0.15, -0.1) is 0 Å². The van der Waals surface area contributed by atoms with Gasteiger partial charge in [-0.2, -0.15) is 0 Å². The normalized spacial score (nSPS) is 14.4. The van der Waals surface area contributed by atoms with Crippen LogP contribution < -0.4 is 4.74 Å². The van der Waals surface area contributed by atoms with Crippen molar-refractivity contribution in [3.8, 4) is 5.75 Å². The molecule has 4 heteroatoms. The van der Waals surface area contributed by atoms with Crippen molar-refractivity contribution >= 4 is 11.8 Å². The number of hydrogen-bond acceptors (Lipinski definition) is 3. The molecule has 0 saturated heterocycles. The number of hydrogen-bond donors (Lipinski definition) is 0. The number of rotatable bonds is 4. The summed E-state index contributed by atoms with van der Waals surface area (Å²) in [6.45, 7) is 4.58. The Labute approximate surface area is 106 Å². The van der Waals surface area contributed by atoms with Crippen LogP contribution in [-0.4, -0.2) is 29.9 Å². The van der Waals surface area contributed by atoms with Crippen LogP contribution in [0.25, 0.3) is 0 Å². The molecule has 0 bridgehead atoms. The molecule has 0 saturated carbocycles. The average molecular weight is 245 g/mol.